The molecule has 0 unspecified atom stereocenters. The summed E-state index contributed by atoms with van der Waals surface area (Å²) in [4.78, 5) is 16.9. The first-order chi connectivity index (χ1) is 11.7. The highest BCUT2D eigenvalue weighted by atomic mass is 32.1. The summed E-state index contributed by atoms with van der Waals surface area (Å²) in [5.74, 6) is 0.0331. The monoisotopic (exact) mass is 362 g/mol. The van der Waals surface area contributed by atoms with E-state index in [1.54, 1.807) is 0 Å². The summed E-state index contributed by atoms with van der Waals surface area (Å²) in [5.41, 5.74) is -0.0284. The number of nitrogens with zero attached hydrogens (tertiary/aromatic N) is 1. The van der Waals surface area contributed by atoms with E-state index in [0.29, 0.717) is 6.61 Å². The molecule has 0 saturated carbocycles. The fourth-order valence-electron chi connectivity index (χ4n) is 3.69. The second-order valence-corrected chi connectivity index (χ2v) is 8.68. The molecule has 0 bridgehead atoms. The first kappa shape index (κ1) is 16.3. The minimum atomic E-state index is -0.0284. The summed E-state index contributed by atoms with van der Waals surface area (Å²) in [5, 5.41) is 7.21. The summed E-state index contributed by atoms with van der Waals surface area (Å²) in [6.45, 7) is 3.83. The number of piperidine rings is 1. The van der Waals surface area contributed by atoms with Gasteiger partial charge in [0.15, 0.2) is 0 Å². The second-order valence-electron chi connectivity index (χ2n) is 6.70. The molecular weight excluding hydrogens is 340 g/mol. The quantitative estimate of drug-likeness (QED) is 0.907. The molecule has 1 spiro atoms. The van der Waals surface area contributed by atoms with Gasteiger partial charge in [0.05, 0.1) is 23.1 Å². The van der Waals surface area contributed by atoms with Crippen LogP contribution < -0.4 is 5.32 Å². The van der Waals surface area contributed by atoms with E-state index in [4.69, 9.17) is 4.74 Å². The van der Waals surface area contributed by atoms with Crippen molar-refractivity contribution in [2.75, 3.05) is 19.7 Å². The van der Waals surface area contributed by atoms with Crippen molar-refractivity contribution in [2.45, 2.75) is 37.5 Å². The molecule has 2 fully saturated rings. The molecule has 2 aromatic rings. The minimum absolute atomic E-state index is 0.0284. The molecular formula is C18H22N2O2S2. The Kier molecular flexibility index (Phi) is 4.72. The first-order valence-corrected chi connectivity index (χ1v) is 10.2. The van der Waals surface area contributed by atoms with Crippen LogP contribution in [0.2, 0.25) is 0 Å². The van der Waals surface area contributed by atoms with Crippen molar-refractivity contribution in [3.05, 3.63) is 44.8 Å². The van der Waals surface area contributed by atoms with E-state index in [9.17, 15) is 4.79 Å². The number of carbonyl (C=O) groups is 1. The average Bonchev–Trinajstić information content (AvgIpc) is 3.33. The molecule has 4 rings (SSSR count). The number of thiophene rings is 2. The van der Waals surface area contributed by atoms with Crippen LogP contribution in [0, 0.1) is 0 Å². The fraction of sp³-hybridized carbons (Fsp3) is 0.500. The van der Waals surface area contributed by atoms with Gasteiger partial charge in [-0.3, -0.25) is 9.69 Å². The summed E-state index contributed by atoms with van der Waals surface area (Å²) < 4.78 is 6.16. The normalized spacial score (nSPS) is 23.6. The Morgan fingerprint density at radius 1 is 1.25 bits per heavy atom. The Balaban J connectivity index is 1.28. The number of hydrogen-bond donors (Lipinski definition) is 1. The van der Waals surface area contributed by atoms with E-state index < -0.39 is 0 Å². The number of amides is 1. The van der Waals surface area contributed by atoms with Gasteiger partial charge < -0.3 is 10.1 Å². The third-order valence-electron chi connectivity index (χ3n) is 5.02. The van der Waals surface area contributed by atoms with E-state index in [-0.39, 0.29) is 17.6 Å². The molecule has 6 heteroatoms. The van der Waals surface area contributed by atoms with Crippen LogP contribution in [-0.2, 0) is 11.3 Å². The van der Waals surface area contributed by atoms with Gasteiger partial charge in [0.1, 0.15) is 0 Å². The number of nitrogens with one attached hydrogen (secondary N) is 1. The lowest BCUT2D eigenvalue weighted by Gasteiger charge is -2.38. The average molecular weight is 363 g/mol. The lowest BCUT2D eigenvalue weighted by Crippen LogP contribution is -2.44. The molecule has 0 aliphatic carbocycles. The standard InChI is InChI=1S/C18H22N2O2S2/c21-17(16-4-2-10-24-16)19-14-11-18(22-13-14)5-7-20(8-6-18)12-15-3-1-9-23-15/h1-4,9-10,14H,5-8,11-13H2,(H,19,21)/t14-/m1/s1. The van der Waals surface area contributed by atoms with Gasteiger partial charge >= 0.3 is 0 Å². The summed E-state index contributed by atoms with van der Waals surface area (Å²) in [7, 11) is 0. The smallest absolute Gasteiger partial charge is 0.261 e. The van der Waals surface area contributed by atoms with E-state index in [1.165, 1.54) is 16.2 Å². The molecule has 1 amide bonds. The minimum Gasteiger partial charge on any atom is -0.373 e. The Morgan fingerprint density at radius 3 is 2.75 bits per heavy atom. The van der Waals surface area contributed by atoms with Gasteiger partial charge in [0, 0.05) is 24.5 Å². The molecule has 0 aromatic carbocycles. The van der Waals surface area contributed by atoms with Crippen LogP contribution in [-0.4, -0.2) is 42.1 Å². The molecule has 24 heavy (non-hydrogen) atoms. The number of rotatable bonds is 4. The molecule has 4 nitrogen and oxygen atoms in total. The second kappa shape index (κ2) is 6.96. The van der Waals surface area contributed by atoms with Crippen molar-refractivity contribution in [3.63, 3.8) is 0 Å². The number of carbonyl (C=O) groups excluding carboxylic acids is 1. The van der Waals surface area contributed by atoms with E-state index in [0.717, 1.165) is 43.8 Å². The van der Waals surface area contributed by atoms with Crippen LogP contribution in [0.1, 0.15) is 33.8 Å². The van der Waals surface area contributed by atoms with Gasteiger partial charge in [0.25, 0.3) is 5.91 Å². The maximum atomic E-state index is 12.2. The molecule has 1 atom stereocenters. The largest absolute Gasteiger partial charge is 0.373 e. The zero-order valence-electron chi connectivity index (χ0n) is 13.6. The first-order valence-electron chi connectivity index (χ1n) is 8.46. The van der Waals surface area contributed by atoms with Gasteiger partial charge in [-0.2, -0.15) is 0 Å². The predicted molar refractivity (Wildman–Crippen MR) is 97.7 cm³/mol. The lowest BCUT2D eigenvalue weighted by atomic mass is 9.87. The highest BCUT2D eigenvalue weighted by Crippen LogP contribution is 2.36. The van der Waals surface area contributed by atoms with Crippen LogP contribution in [0.15, 0.2) is 35.0 Å². The SMILES string of the molecule is O=C(N[C@H]1COC2(CCN(Cc3cccs3)CC2)C1)c1cccs1. The molecule has 2 aromatic heterocycles. The van der Waals surface area contributed by atoms with Crippen molar-refractivity contribution in [1.29, 1.82) is 0 Å². The van der Waals surface area contributed by atoms with Gasteiger partial charge in [-0.15, -0.1) is 22.7 Å². The zero-order valence-corrected chi connectivity index (χ0v) is 15.2. The summed E-state index contributed by atoms with van der Waals surface area (Å²) in [6, 6.07) is 8.25. The van der Waals surface area contributed by atoms with Crippen LogP contribution >= 0.6 is 22.7 Å². The number of ether oxygens (including phenoxy) is 1. The number of hydrogen-bond acceptors (Lipinski definition) is 5. The van der Waals surface area contributed by atoms with E-state index in [2.05, 4.69) is 27.7 Å². The Hall–Kier alpha value is -1.21. The molecule has 0 radical (unpaired) electrons. The maximum Gasteiger partial charge on any atom is 0.261 e. The Labute approximate surface area is 150 Å². The van der Waals surface area contributed by atoms with Gasteiger partial charge in [-0.1, -0.05) is 12.1 Å². The lowest BCUT2D eigenvalue weighted by molar-refractivity contribution is -0.0447. The van der Waals surface area contributed by atoms with Crippen LogP contribution in [0.4, 0.5) is 0 Å². The Bertz CT molecular complexity index is 661. The molecule has 2 aliphatic heterocycles. The highest BCUT2D eigenvalue weighted by Gasteiger charge is 2.43. The maximum absolute atomic E-state index is 12.2. The van der Waals surface area contributed by atoms with Crippen molar-refractivity contribution >= 4 is 28.6 Å². The number of likely N-dealkylation sites (tertiary alicyclic amines) is 1. The van der Waals surface area contributed by atoms with Gasteiger partial charge in [-0.25, -0.2) is 0 Å². The van der Waals surface area contributed by atoms with Crippen LogP contribution in [0.5, 0.6) is 0 Å². The summed E-state index contributed by atoms with van der Waals surface area (Å²) in [6.07, 6.45) is 3.06. The molecule has 2 saturated heterocycles. The van der Waals surface area contributed by atoms with Crippen molar-refractivity contribution in [3.8, 4) is 0 Å². The fourth-order valence-corrected chi connectivity index (χ4v) is 5.06. The summed E-state index contributed by atoms with van der Waals surface area (Å²) >= 11 is 3.31. The highest BCUT2D eigenvalue weighted by molar-refractivity contribution is 7.12. The van der Waals surface area contributed by atoms with E-state index >= 15 is 0 Å². The Morgan fingerprint density at radius 2 is 2.04 bits per heavy atom. The molecule has 4 heterocycles. The topological polar surface area (TPSA) is 41.6 Å². The zero-order chi connectivity index (χ0) is 16.4. The third kappa shape index (κ3) is 3.57. The van der Waals surface area contributed by atoms with Crippen molar-refractivity contribution in [1.82, 2.24) is 10.2 Å². The van der Waals surface area contributed by atoms with Crippen molar-refractivity contribution < 1.29 is 9.53 Å². The van der Waals surface area contributed by atoms with Crippen LogP contribution in [0.3, 0.4) is 0 Å². The predicted octanol–water partition coefficient (Wildman–Crippen LogP) is 3.36. The molecule has 128 valence electrons. The van der Waals surface area contributed by atoms with Crippen LogP contribution in [0.25, 0.3) is 0 Å². The third-order valence-corrected chi connectivity index (χ3v) is 6.75. The van der Waals surface area contributed by atoms with Gasteiger partial charge in [0.2, 0.25) is 0 Å². The van der Waals surface area contributed by atoms with E-state index in [1.807, 2.05) is 28.8 Å². The van der Waals surface area contributed by atoms with Crippen molar-refractivity contribution in [2.24, 2.45) is 0 Å². The van der Waals surface area contributed by atoms with Gasteiger partial charge in [-0.05, 0) is 42.2 Å². The molecule has 1 N–H and O–H groups in total. The molecule has 2 aliphatic rings.